The van der Waals surface area contributed by atoms with Crippen LogP contribution in [-0.2, 0) is 14.3 Å². The maximum absolute atomic E-state index is 11.7. The van der Waals surface area contributed by atoms with Gasteiger partial charge in [-0.05, 0) is 5.92 Å². The Morgan fingerprint density at radius 3 is 2.24 bits per heavy atom. The number of hydrogen-bond donors (Lipinski definition) is 2. The molecule has 0 aliphatic carbocycles. The fourth-order valence-electron chi connectivity index (χ4n) is 0.988. The summed E-state index contributed by atoms with van der Waals surface area (Å²) in [7, 11) is 0. The van der Waals surface area contributed by atoms with E-state index < -0.39 is 37.3 Å². The Hall–Kier alpha value is -1.31. The van der Waals surface area contributed by atoms with Crippen molar-refractivity contribution in [2.45, 2.75) is 26.1 Å². The zero-order chi connectivity index (χ0) is 13.6. The minimum Gasteiger partial charge on any atom is -0.480 e. The first-order valence-electron chi connectivity index (χ1n) is 4.80. The van der Waals surface area contributed by atoms with Gasteiger partial charge < -0.3 is 15.2 Å². The van der Waals surface area contributed by atoms with Crippen LogP contribution in [0.1, 0.15) is 13.8 Å². The van der Waals surface area contributed by atoms with Crippen molar-refractivity contribution in [1.29, 1.82) is 0 Å². The van der Waals surface area contributed by atoms with Crippen LogP contribution in [-0.4, -0.2) is 42.4 Å². The lowest BCUT2D eigenvalue weighted by Gasteiger charge is -2.17. The quantitative estimate of drug-likeness (QED) is 0.737. The van der Waals surface area contributed by atoms with E-state index in [0.717, 1.165) is 0 Å². The lowest BCUT2D eigenvalue weighted by molar-refractivity contribution is -0.176. The first-order chi connectivity index (χ1) is 7.63. The summed E-state index contributed by atoms with van der Waals surface area (Å²) in [6.45, 7) is 0.765. The molecule has 0 aliphatic heterocycles. The van der Waals surface area contributed by atoms with E-state index in [1.807, 2.05) is 0 Å². The number of alkyl halides is 3. The molecule has 8 heteroatoms. The highest BCUT2D eigenvalue weighted by molar-refractivity contribution is 5.84. The Bertz CT molecular complexity index is 278. The van der Waals surface area contributed by atoms with Gasteiger partial charge in [-0.3, -0.25) is 4.79 Å². The van der Waals surface area contributed by atoms with Crippen molar-refractivity contribution in [3.05, 3.63) is 0 Å². The van der Waals surface area contributed by atoms with Crippen molar-refractivity contribution < 1.29 is 32.6 Å². The number of amides is 1. The SMILES string of the molecule is CC(C)[C@H](NC(=O)COCC(F)(F)F)C(=O)O. The van der Waals surface area contributed by atoms with E-state index in [1.165, 1.54) is 0 Å². The van der Waals surface area contributed by atoms with E-state index >= 15 is 0 Å². The van der Waals surface area contributed by atoms with Crippen molar-refractivity contribution in [3.63, 3.8) is 0 Å². The second kappa shape index (κ2) is 6.43. The normalized spacial score (nSPS) is 13.5. The maximum atomic E-state index is 11.7. The van der Waals surface area contributed by atoms with E-state index in [-0.39, 0.29) is 5.92 Å². The molecule has 0 heterocycles. The largest absolute Gasteiger partial charge is 0.480 e. The smallest absolute Gasteiger partial charge is 0.411 e. The predicted octanol–water partition coefficient (Wildman–Crippen LogP) is 0.791. The van der Waals surface area contributed by atoms with Crippen LogP contribution in [0.2, 0.25) is 0 Å². The third-order valence-corrected chi connectivity index (χ3v) is 1.75. The second-order valence-corrected chi connectivity index (χ2v) is 3.74. The molecule has 0 aromatic carbocycles. The van der Waals surface area contributed by atoms with Gasteiger partial charge >= 0.3 is 12.1 Å². The first-order valence-corrected chi connectivity index (χ1v) is 4.80. The summed E-state index contributed by atoms with van der Waals surface area (Å²) in [4.78, 5) is 21.8. The van der Waals surface area contributed by atoms with Crippen molar-refractivity contribution in [2.75, 3.05) is 13.2 Å². The molecule has 5 nitrogen and oxygen atoms in total. The van der Waals surface area contributed by atoms with Gasteiger partial charge in [0.25, 0.3) is 0 Å². The number of carbonyl (C=O) groups excluding carboxylic acids is 1. The molecule has 1 amide bonds. The minimum absolute atomic E-state index is 0.376. The van der Waals surface area contributed by atoms with Gasteiger partial charge in [0.15, 0.2) is 0 Å². The lowest BCUT2D eigenvalue weighted by Crippen LogP contribution is -2.45. The zero-order valence-electron chi connectivity index (χ0n) is 9.37. The average Bonchev–Trinajstić information content (AvgIpc) is 2.10. The number of halogens is 3. The fraction of sp³-hybridized carbons (Fsp3) is 0.778. The van der Waals surface area contributed by atoms with Crippen LogP contribution >= 0.6 is 0 Å². The number of aliphatic carboxylic acids is 1. The van der Waals surface area contributed by atoms with Gasteiger partial charge in [0.1, 0.15) is 19.3 Å². The van der Waals surface area contributed by atoms with Crippen molar-refractivity contribution >= 4 is 11.9 Å². The molecule has 0 radical (unpaired) electrons. The van der Waals surface area contributed by atoms with E-state index in [4.69, 9.17) is 5.11 Å². The van der Waals surface area contributed by atoms with Crippen molar-refractivity contribution in [3.8, 4) is 0 Å². The van der Waals surface area contributed by atoms with Gasteiger partial charge in [-0.1, -0.05) is 13.8 Å². The van der Waals surface area contributed by atoms with Crippen molar-refractivity contribution in [2.24, 2.45) is 5.92 Å². The number of carboxylic acid groups (broad SMARTS) is 1. The molecule has 17 heavy (non-hydrogen) atoms. The highest BCUT2D eigenvalue weighted by Gasteiger charge is 2.28. The first kappa shape index (κ1) is 15.7. The topological polar surface area (TPSA) is 75.6 Å². The molecular formula is C9H14F3NO4. The molecule has 0 saturated heterocycles. The zero-order valence-corrected chi connectivity index (χ0v) is 9.37. The van der Waals surface area contributed by atoms with Crippen molar-refractivity contribution in [1.82, 2.24) is 5.32 Å². The van der Waals surface area contributed by atoms with E-state index in [2.05, 4.69) is 10.1 Å². The van der Waals surface area contributed by atoms with Gasteiger partial charge in [-0.15, -0.1) is 0 Å². The van der Waals surface area contributed by atoms with Crippen LogP contribution in [0.15, 0.2) is 0 Å². The van der Waals surface area contributed by atoms with Gasteiger partial charge in [0.2, 0.25) is 5.91 Å². The molecule has 2 N–H and O–H groups in total. The number of ether oxygens (including phenoxy) is 1. The van der Waals surface area contributed by atoms with Crippen LogP contribution in [0, 0.1) is 5.92 Å². The van der Waals surface area contributed by atoms with E-state index in [9.17, 15) is 22.8 Å². The molecular weight excluding hydrogens is 243 g/mol. The monoisotopic (exact) mass is 257 g/mol. The van der Waals surface area contributed by atoms with Gasteiger partial charge in [-0.2, -0.15) is 13.2 Å². The average molecular weight is 257 g/mol. The summed E-state index contributed by atoms with van der Waals surface area (Å²) in [5.41, 5.74) is 0. The Balaban J connectivity index is 4.04. The molecule has 0 aliphatic rings. The number of rotatable bonds is 6. The standard InChI is InChI=1S/C9H14F3NO4/c1-5(2)7(8(15)16)13-6(14)3-17-4-9(10,11)12/h5,7H,3-4H2,1-2H3,(H,13,14)(H,15,16)/t7-/m0/s1. The summed E-state index contributed by atoms with van der Waals surface area (Å²) in [6.07, 6.45) is -4.51. The highest BCUT2D eigenvalue weighted by atomic mass is 19.4. The van der Waals surface area contributed by atoms with Gasteiger partial charge in [0.05, 0.1) is 0 Å². The predicted molar refractivity (Wildman–Crippen MR) is 51.3 cm³/mol. The summed E-state index contributed by atoms with van der Waals surface area (Å²) in [6, 6.07) is -1.14. The fourth-order valence-corrected chi connectivity index (χ4v) is 0.988. The number of hydrogen-bond acceptors (Lipinski definition) is 3. The summed E-state index contributed by atoms with van der Waals surface area (Å²) in [5, 5.41) is 10.8. The van der Waals surface area contributed by atoms with Crippen LogP contribution < -0.4 is 5.32 Å². The van der Waals surface area contributed by atoms with E-state index in [1.54, 1.807) is 13.8 Å². The van der Waals surface area contributed by atoms with Gasteiger partial charge in [-0.25, -0.2) is 4.79 Å². The molecule has 0 fully saturated rings. The number of nitrogens with one attached hydrogen (secondary N) is 1. The second-order valence-electron chi connectivity index (χ2n) is 3.74. The Morgan fingerprint density at radius 1 is 1.35 bits per heavy atom. The Kier molecular flexibility index (Phi) is 5.94. The molecule has 0 aromatic heterocycles. The molecule has 1 atom stereocenters. The third-order valence-electron chi connectivity index (χ3n) is 1.75. The molecule has 0 bridgehead atoms. The van der Waals surface area contributed by atoms with Crippen LogP contribution in [0.3, 0.4) is 0 Å². The summed E-state index contributed by atoms with van der Waals surface area (Å²) in [5.74, 6) is -2.52. The number of carbonyl (C=O) groups is 2. The number of carboxylic acids is 1. The van der Waals surface area contributed by atoms with Gasteiger partial charge in [0, 0.05) is 0 Å². The van der Waals surface area contributed by atoms with Crippen LogP contribution in [0.5, 0.6) is 0 Å². The third kappa shape index (κ3) is 7.56. The molecule has 0 spiro atoms. The van der Waals surface area contributed by atoms with Crippen LogP contribution in [0.4, 0.5) is 13.2 Å². The lowest BCUT2D eigenvalue weighted by atomic mass is 10.1. The maximum Gasteiger partial charge on any atom is 0.411 e. The molecule has 0 unspecified atom stereocenters. The highest BCUT2D eigenvalue weighted by Crippen LogP contribution is 2.14. The molecule has 0 saturated carbocycles. The Morgan fingerprint density at radius 2 is 1.88 bits per heavy atom. The molecule has 0 rings (SSSR count). The summed E-state index contributed by atoms with van der Waals surface area (Å²) < 4.78 is 39.1. The Labute approximate surface area is 95.9 Å². The molecule has 100 valence electrons. The van der Waals surface area contributed by atoms with E-state index in [0.29, 0.717) is 0 Å². The minimum atomic E-state index is -4.51. The van der Waals surface area contributed by atoms with Crippen LogP contribution in [0.25, 0.3) is 0 Å². The molecule has 0 aromatic rings. The summed E-state index contributed by atoms with van der Waals surface area (Å²) >= 11 is 0.